The SMILES string of the molecule is CC(CCl)(Nc1cnccn1)c1ccccc1. The van der Waals surface area contributed by atoms with E-state index in [4.69, 9.17) is 11.6 Å². The summed E-state index contributed by atoms with van der Waals surface area (Å²) in [5, 5.41) is 3.32. The molecule has 4 heteroatoms. The Morgan fingerprint density at radius 2 is 2.00 bits per heavy atom. The van der Waals surface area contributed by atoms with Crippen molar-refractivity contribution < 1.29 is 0 Å². The first kappa shape index (κ1) is 11.9. The average molecular weight is 248 g/mol. The predicted molar refractivity (Wildman–Crippen MR) is 70.2 cm³/mol. The molecular weight excluding hydrogens is 234 g/mol. The van der Waals surface area contributed by atoms with E-state index in [1.165, 1.54) is 0 Å². The third kappa shape index (κ3) is 2.74. The van der Waals surface area contributed by atoms with Crippen molar-refractivity contribution in [3.8, 4) is 0 Å². The lowest BCUT2D eigenvalue weighted by Crippen LogP contribution is -2.34. The van der Waals surface area contributed by atoms with Gasteiger partial charge in [-0.3, -0.25) is 4.98 Å². The molecule has 0 aliphatic heterocycles. The van der Waals surface area contributed by atoms with Gasteiger partial charge in [-0.1, -0.05) is 30.3 Å². The van der Waals surface area contributed by atoms with Gasteiger partial charge in [-0.05, 0) is 12.5 Å². The minimum atomic E-state index is -0.348. The van der Waals surface area contributed by atoms with E-state index in [-0.39, 0.29) is 5.54 Å². The van der Waals surface area contributed by atoms with Crippen LogP contribution in [0, 0.1) is 0 Å². The summed E-state index contributed by atoms with van der Waals surface area (Å²) in [5.41, 5.74) is 0.777. The molecule has 0 radical (unpaired) electrons. The molecule has 3 nitrogen and oxygen atoms in total. The van der Waals surface area contributed by atoms with Gasteiger partial charge in [0.15, 0.2) is 0 Å². The molecule has 0 aliphatic rings. The Morgan fingerprint density at radius 1 is 1.24 bits per heavy atom. The number of benzene rings is 1. The number of rotatable bonds is 4. The smallest absolute Gasteiger partial charge is 0.145 e. The van der Waals surface area contributed by atoms with Crippen molar-refractivity contribution in [2.75, 3.05) is 11.2 Å². The summed E-state index contributed by atoms with van der Waals surface area (Å²) < 4.78 is 0. The number of nitrogens with zero attached hydrogens (tertiary/aromatic N) is 2. The number of nitrogens with one attached hydrogen (secondary N) is 1. The molecular formula is C13H14ClN3. The topological polar surface area (TPSA) is 37.8 Å². The van der Waals surface area contributed by atoms with Crippen LogP contribution in [0.1, 0.15) is 12.5 Å². The fourth-order valence-electron chi connectivity index (χ4n) is 1.64. The van der Waals surface area contributed by atoms with Gasteiger partial charge in [0.1, 0.15) is 5.82 Å². The van der Waals surface area contributed by atoms with E-state index in [1.807, 2.05) is 37.3 Å². The third-order valence-corrected chi connectivity index (χ3v) is 3.18. The maximum Gasteiger partial charge on any atom is 0.145 e. The van der Waals surface area contributed by atoms with Crippen molar-refractivity contribution in [1.82, 2.24) is 9.97 Å². The lowest BCUT2D eigenvalue weighted by atomic mass is 9.94. The summed E-state index contributed by atoms with van der Waals surface area (Å²) in [5.74, 6) is 1.17. The summed E-state index contributed by atoms with van der Waals surface area (Å²) in [6.07, 6.45) is 4.99. The largest absolute Gasteiger partial charge is 0.358 e. The first-order valence-corrected chi connectivity index (χ1v) is 5.94. The molecule has 1 atom stereocenters. The highest BCUT2D eigenvalue weighted by Crippen LogP contribution is 2.26. The van der Waals surface area contributed by atoms with Gasteiger partial charge in [0.25, 0.3) is 0 Å². The quantitative estimate of drug-likeness (QED) is 0.844. The van der Waals surface area contributed by atoms with Gasteiger partial charge in [-0.25, -0.2) is 4.98 Å². The zero-order valence-corrected chi connectivity index (χ0v) is 10.4. The first-order valence-electron chi connectivity index (χ1n) is 5.40. The zero-order valence-electron chi connectivity index (χ0n) is 9.60. The Morgan fingerprint density at radius 3 is 2.59 bits per heavy atom. The van der Waals surface area contributed by atoms with Gasteiger partial charge in [0.05, 0.1) is 11.7 Å². The van der Waals surface area contributed by atoms with Crippen LogP contribution in [-0.4, -0.2) is 15.8 Å². The Labute approximate surface area is 106 Å². The number of alkyl halides is 1. The molecule has 1 unspecified atom stereocenters. The van der Waals surface area contributed by atoms with Crippen molar-refractivity contribution in [2.24, 2.45) is 0 Å². The van der Waals surface area contributed by atoms with Crippen molar-refractivity contribution in [1.29, 1.82) is 0 Å². The summed E-state index contributed by atoms with van der Waals surface area (Å²) in [4.78, 5) is 8.23. The van der Waals surface area contributed by atoms with Gasteiger partial charge < -0.3 is 5.32 Å². The van der Waals surface area contributed by atoms with Crippen LogP contribution in [0.5, 0.6) is 0 Å². The molecule has 0 saturated heterocycles. The Kier molecular flexibility index (Phi) is 3.59. The van der Waals surface area contributed by atoms with E-state index in [0.717, 1.165) is 11.4 Å². The Bertz CT molecular complexity index is 461. The van der Waals surface area contributed by atoms with E-state index >= 15 is 0 Å². The molecule has 0 amide bonds. The molecule has 2 aromatic rings. The number of halogens is 1. The fraction of sp³-hybridized carbons (Fsp3) is 0.231. The maximum atomic E-state index is 6.08. The molecule has 17 heavy (non-hydrogen) atoms. The number of hydrogen-bond acceptors (Lipinski definition) is 3. The minimum Gasteiger partial charge on any atom is -0.358 e. The monoisotopic (exact) mass is 247 g/mol. The van der Waals surface area contributed by atoms with Gasteiger partial charge >= 0.3 is 0 Å². The van der Waals surface area contributed by atoms with Crippen LogP contribution in [0.2, 0.25) is 0 Å². The van der Waals surface area contributed by atoms with Crippen LogP contribution >= 0.6 is 11.6 Å². The molecule has 0 fully saturated rings. The van der Waals surface area contributed by atoms with E-state index in [9.17, 15) is 0 Å². The molecule has 1 aromatic carbocycles. The van der Waals surface area contributed by atoms with Gasteiger partial charge in [-0.15, -0.1) is 11.6 Å². The molecule has 1 heterocycles. The standard InChI is InChI=1S/C13H14ClN3/c1-13(10-14,11-5-3-2-4-6-11)17-12-9-15-7-8-16-12/h2-9H,10H2,1H3,(H,16,17). The van der Waals surface area contributed by atoms with Gasteiger partial charge in [-0.2, -0.15) is 0 Å². The van der Waals surface area contributed by atoms with E-state index < -0.39 is 0 Å². The van der Waals surface area contributed by atoms with Crippen LogP contribution in [0.25, 0.3) is 0 Å². The van der Waals surface area contributed by atoms with Crippen LogP contribution in [0.3, 0.4) is 0 Å². The van der Waals surface area contributed by atoms with E-state index in [0.29, 0.717) is 5.88 Å². The molecule has 88 valence electrons. The van der Waals surface area contributed by atoms with Crippen molar-refractivity contribution in [2.45, 2.75) is 12.5 Å². The molecule has 1 aromatic heterocycles. The first-order chi connectivity index (χ1) is 8.24. The van der Waals surface area contributed by atoms with E-state index in [2.05, 4.69) is 15.3 Å². The number of anilines is 1. The van der Waals surface area contributed by atoms with Crippen LogP contribution in [0.15, 0.2) is 48.9 Å². The normalized spacial score (nSPS) is 14.0. The lowest BCUT2D eigenvalue weighted by molar-refractivity contribution is 0.613. The highest BCUT2D eigenvalue weighted by Gasteiger charge is 2.25. The number of hydrogen-bond donors (Lipinski definition) is 1. The summed E-state index contributed by atoms with van der Waals surface area (Å²) in [7, 11) is 0. The van der Waals surface area contributed by atoms with E-state index in [1.54, 1.807) is 18.6 Å². The molecule has 2 rings (SSSR count). The molecule has 0 spiro atoms. The zero-order chi connectivity index (χ0) is 12.1. The number of aromatic nitrogens is 2. The van der Waals surface area contributed by atoms with Crippen molar-refractivity contribution >= 4 is 17.4 Å². The summed E-state index contributed by atoms with van der Waals surface area (Å²) >= 11 is 6.08. The van der Waals surface area contributed by atoms with Gasteiger partial charge in [0.2, 0.25) is 0 Å². The van der Waals surface area contributed by atoms with Crippen LogP contribution in [0.4, 0.5) is 5.82 Å². The molecule has 0 bridgehead atoms. The van der Waals surface area contributed by atoms with Crippen molar-refractivity contribution in [3.63, 3.8) is 0 Å². The third-order valence-electron chi connectivity index (χ3n) is 2.65. The lowest BCUT2D eigenvalue weighted by Gasteiger charge is -2.29. The second-order valence-corrected chi connectivity index (χ2v) is 4.31. The molecule has 0 saturated carbocycles. The Hall–Kier alpha value is -1.61. The summed E-state index contributed by atoms with van der Waals surface area (Å²) in [6, 6.07) is 10.1. The van der Waals surface area contributed by atoms with Gasteiger partial charge in [0, 0.05) is 18.3 Å². The molecule has 1 N–H and O–H groups in total. The Balaban J connectivity index is 2.27. The van der Waals surface area contributed by atoms with Crippen LogP contribution in [-0.2, 0) is 5.54 Å². The fourth-order valence-corrected chi connectivity index (χ4v) is 1.86. The van der Waals surface area contributed by atoms with Crippen LogP contribution < -0.4 is 5.32 Å². The minimum absolute atomic E-state index is 0.348. The summed E-state index contributed by atoms with van der Waals surface area (Å²) in [6.45, 7) is 2.05. The average Bonchev–Trinajstić information content (AvgIpc) is 2.41. The second-order valence-electron chi connectivity index (χ2n) is 4.05. The van der Waals surface area contributed by atoms with Crippen molar-refractivity contribution in [3.05, 3.63) is 54.5 Å². The highest BCUT2D eigenvalue weighted by molar-refractivity contribution is 6.18. The second kappa shape index (κ2) is 5.15. The highest BCUT2D eigenvalue weighted by atomic mass is 35.5. The maximum absolute atomic E-state index is 6.08. The predicted octanol–water partition coefficient (Wildman–Crippen LogP) is 3.04. The molecule has 0 aliphatic carbocycles.